The van der Waals surface area contributed by atoms with Gasteiger partial charge in [-0.05, 0) is 36.1 Å². The summed E-state index contributed by atoms with van der Waals surface area (Å²) in [5, 5.41) is 25.1. The molecule has 1 amide bonds. The van der Waals surface area contributed by atoms with Crippen molar-refractivity contribution >= 4 is 51.0 Å². The predicted molar refractivity (Wildman–Crippen MR) is 123 cm³/mol. The Balaban J connectivity index is 1.54. The van der Waals surface area contributed by atoms with Crippen molar-refractivity contribution in [1.29, 1.82) is 0 Å². The van der Waals surface area contributed by atoms with Crippen molar-refractivity contribution in [2.75, 3.05) is 5.32 Å². The topological polar surface area (TPSA) is 131 Å². The minimum Gasteiger partial charge on any atom is -0.506 e. The Labute approximate surface area is 185 Å². The summed E-state index contributed by atoms with van der Waals surface area (Å²) in [6.07, 6.45) is 0.211. The fourth-order valence-corrected chi connectivity index (χ4v) is 4.44. The summed E-state index contributed by atoms with van der Waals surface area (Å²) in [5.74, 6) is -0.307. The fraction of sp³-hybridized carbons (Fsp3) is 0.0870. The van der Waals surface area contributed by atoms with Gasteiger partial charge < -0.3 is 25.5 Å². The van der Waals surface area contributed by atoms with Gasteiger partial charge in [-0.2, -0.15) is 0 Å². The molecule has 0 radical (unpaired) electrons. The number of para-hydroxylation sites is 1. The number of benzene rings is 2. The number of H-pyrrole nitrogens is 2. The molecule has 0 unspecified atom stereocenters. The van der Waals surface area contributed by atoms with E-state index in [2.05, 4.69) is 20.3 Å². The first kappa shape index (κ1) is 19.8. The Morgan fingerprint density at radius 2 is 1.91 bits per heavy atom. The number of amides is 1. The lowest BCUT2D eigenvalue weighted by molar-refractivity contribution is -0.136. The zero-order valence-corrected chi connectivity index (χ0v) is 17.5. The molecular formula is C23H18N4O4S. The predicted octanol–water partition coefficient (Wildman–Crippen LogP) is 4.75. The number of aromatic nitrogens is 3. The molecule has 0 fully saturated rings. The van der Waals surface area contributed by atoms with Crippen molar-refractivity contribution in [3.05, 3.63) is 65.0 Å². The summed E-state index contributed by atoms with van der Waals surface area (Å²) in [4.78, 5) is 36.1. The van der Waals surface area contributed by atoms with Crippen LogP contribution in [0.25, 0.3) is 32.6 Å². The average Bonchev–Trinajstić information content (AvgIpc) is 3.51. The van der Waals surface area contributed by atoms with Crippen LogP contribution in [0.4, 0.5) is 5.82 Å². The number of imidazole rings is 1. The number of hydrogen-bond acceptors (Lipinski definition) is 5. The number of anilines is 1. The summed E-state index contributed by atoms with van der Waals surface area (Å²) in [6, 6.07) is 14.3. The number of hydrogen-bond donors (Lipinski definition) is 5. The molecule has 0 saturated carbocycles. The van der Waals surface area contributed by atoms with E-state index in [0.717, 1.165) is 21.3 Å². The van der Waals surface area contributed by atoms with Crippen LogP contribution in [0.15, 0.2) is 53.9 Å². The SMILES string of the molecule is O=C(O)CCc1c(NC(=O)c2ccc(O)c3[nH]c(-c4cccs4)nc23)[nH]c2ccccc12. The lowest BCUT2D eigenvalue weighted by atomic mass is 10.1. The third kappa shape index (κ3) is 3.48. The lowest BCUT2D eigenvalue weighted by Gasteiger charge is -2.07. The van der Waals surface area contributed by atoms with Crippen molar-refractivity contribution < 1.29 is 19.8 Å². The van der Waals surface area contributed by atoms with E-state index in [4.69, 9.17) is 5.11 Å². The number of phenolic OH excluding ortho intramolecular Hbond substituents is 1. The highest BCUT2D eigenvalue weighted by molar-refractivity contribution is 7.13. The molecule has 3 aromatic heterocycles. The van der Waals surface area contributed by atoms with E-state index in [1.54, 1.807) is 0 Å². The van der Waals surface area contributed by atoms with E-state index >= 15 is 0 Å². The molecule has 5 rings (SSSR count). The molecule has 160 valence electrons. The second kappa shape index (κ2) is 7.86. The smallest absolute Gasteiger partial charge is 0.303 e. The number of aryl methyl sites for hydroxylation is 1. The van der Waals surface area contributed by atoms with Gasteiger partial charge in [-0.15, -0.1) is 11.3 Å². The maximum Gasteiger partial charge on any atom is 0.303 e. The Morgan fingerprint density at radius 3 is 2.69 bits per heavy atom. The van der Waals surface area contributed by atoms with E-state index in [-0.39, 0.29) is 18.6 Å². The molecular weight excluding hydrogens is 428 g/mol. The monoisotopic (exact) mass is 446 g/mol. The molecule has 0 spiro atoms. The van der Waals surface area contributed by atoms with Gasteiger partial charge in [-0.1, -0.05) is 24.3 Å². The number of aromatic amines is 2. The van der Waals surface area contributed by atoms with Crippen LogP contribution in [-0.4, -0.2) is 37.0 Å². The summed E-state index contributed by atoms with van der Waals surface area (Å²) in [5.41, 5.74) is 2.56. The maximum absolute atomic E-state index is 13.2. The normalized spacial score (nSPS) is 11.2. The van der Waals surface area contributed by atoms with E-state index in [9.17, 15) is 14.7 Å². The molecule has 0 aliphatic rings. The van der Waals surface area contributed by atoms with E-state index in [1.807, 2.05) is 41.8 Å². The van der Waals surface area contributed by atoms with Gasteiger partial charge in [-0.25, -0.2) is 4.98 Å². The standard InChI is InChI=1S/C23H18N4O4S/c28-16-9-7-14(19-20(16)26-22(25-19)17-6-3-11-32-17)23(31)27-21-13(8-10-18(29)30)12-4-1-2-5-15(12)24-21/h1-7,9,11,24,28H,8,10H2,(H,25,26)(H,27,31)(H,29,30). The fourth-order valence-electron chi connectivity index (χ4n) is 3.77. The number of carboxylic acid groups (broad SMARTS) is 1. The number of rotatable bonds is 6. The molecule has 3 heterocycles. The number of carbonyl (C=O) groups excluding carboxylic acids is 1. The second-order valence-corrected chi connectivity index (χ2v) is 8.24. The molecule has 8 nitrogen and oxygen atoms in total. The summed E-state index contributed by atoms with van der Waals surface area (Å²) in [6.45, 7) is 0. The zero-order chi connectivity index (χ0) is 22.2. The van der Waals surface area contributed by atoms with Gasteiger partial charge in [0, 0.05) is 22.9 Å². The van der Waals surface area contributed by atoms with Crippen molar-refractivity contribution in [3.63, 3.8) is 0 Å². The van der Waals surface area contributed by atoms with E-state index in [1.165, 1.54) is 23.5 Å². The number of fused-ring (bicyclic) bond motifs is 2. The first-order valence-electron chi connectivity index (χ1n) is 9.89. The number of carbonyl (C=O) groups is 2. The van der Waals surface area contributed by atoms with Gasteiger partial charge in [0.05, 0.1) is 10.4 Å². The molecule has 0 aliphatic carbocycles. The van der Waals surface area contributed by atoms with Crippen LogP contribution in [0.3, 0.4) is 0 Å². The number of phenols is 1. The van der Waals surface area contributed by atoms with Crippen molar-refractivity contribution in [1.82, 2.24) is 15.0 Å². The average molecular weight is 446 g/mol. The molecule has 0 bridgehead atoms. The first-order valence-corrected chi connectivity index (χ1v) is 10.8. The number of aliphatic carboxylic acids is 1. The summed E-state index contributed by atoms with van der Waals surface area (Å²) >= 11 is 1.50. The molecule has 0 saturated heterocycles. The van der Waals surface area contributed by atoms with Gasteiger partial charge >= 0.3 is 5.97 Å². The minimum absolute atomic E-state index is 0.000356. The van der Waals surface area contributed by atoms with Crippen LogP contribution in [-0.2, 0) is 11.2 Å². The molecule has 5 aromatic rings. The number of nitrogens with one attached hydrogen (secondary N) is 3. The second-order valence-electron chi connectivity index (χ2n) is 7.29. The van der Waals surface area contributed by atoms with Crippen molar-refractivity contribution in [3.8, 4) is 16.5 Å². The van der Waals surface area contributed by atoms with Gasteiger partial charge in [0.15, 0.2) is 0 Å². The number of thiophene rings is 1. The molecule has 0 atom stereocenters. The van der Waals surface area contributed by atoms with Crippen molar-refractivity contribution in [2.45, 2.75) is 12.8 Å². The Morgan fingerprint density at radius 1 is 1.06 bits per heavy atom. The van der Waals surface area contributed by atoms with Crippen LogP contribution in [0, 0.1) is 0 Å². The molecule has 5 N–H and O–H groups in total. The van der Waals surface area contributed by atoms with Crippen LogP contribution in [0.5, 0.6) is 5.75 Å². The van der Waals surface area contributed by atoms with Gasteiger partial charge in [-0.3, -0.25) is 9.59 Å². The molecule has 9 heteroatoms. The highest BCUT2D eigenvalue weighted by Crippen LogP contribution is 2.32. The third-order valence-corrected chi connectivity index (χ3v) is 6.14. The van der Waals surface area contributed by atoms with Crippen LogP contribution < -0.4 is 5.32 Å². The highest BCUT2D eigenvalue weighted by atomic mass is 32.1. The Hall–Kier alpha value is -4.11. The van der Waals surface area contributed by atoms with Crippen LogP contribution in [0.2, 0.25) is 0 Å². The minimum atomic E-state index is -0.912. The van der Waals surface area contributed by atoms with Gasteiger partial charge in [0.1, 0.15) is 28.4 Å². The van der Waals surface area contributed by atoms with Crippen LogP contribution in [0.1, 0.15) is 22.3 Å². The largest absolute Gasteiger partial charge is 0.506 e. The third-order valence-electron chi connectivity index (χ3n) is 5.26. The molecule has 0 aliphatic heterocycles. The molecule has 32 heavy (non-hydrogen) atoms. The lowest BCUT2D eigenvalue weighted by Crippen LogP contribution is -2.14. The Kier molecular flexibility index (Phi) is 4.87. The van der Waals surface area contributed by atoms with Crippen molar-refractivity contribution in [2.24, 2.45) is 0 Å². The first-order chi connectivity index (χ1) is 15.5. The number of nitrogens with zero attached hydrogens (tertiary/aromatic N) is 1. The van der Waals surface area contributed by atoms with E-state index in [0.29, 0.717) is 28.2 Å². The zero-order valence-electron chi connectivity index (χ0n) is 16.7. The van der Waals surface area contributed by atoms with E-state index < -0.39 is 11.9 Å². The number of aromatic hydroxyl groups is 1. The van der Waals surface area contributed by atoms with Crippen LogP contribution >= 0.6 is 11.3 Å². The Bertz CT molecular complexity index is 1470. The van der Waals surface area contributed by atoms with Gasteiger partial charge in [0.25, 0.3) is 5.91 Å². The number of carboxylic acids is 1. The highest BCUT2D eigenvalue weighted by Gasteiger charge is 2.20. The molecule has 2 aromatic carbocycles. The van der Waals surface area contributed by atoms with Gasteiger partial charge in [0.2, 0.25) is 0 Å². The quantitative estimate of drug-likeness (QED) is 0.257. The summed E-state index contributed by atoms with van der Waals surface area (Å²) < 4.78 is 0. The maximum atomic E-state index is 13.2. The summed E-state index contributed by atoms with van der Waals surface area (Å²) in [7, 11) is 0.